The summed E-state index contributed by atoms with van der Waals surface area (Å²) in [5, 5.41) is 17.9. The lowest BCUT2D eigenvalue weighted by Gasteiger charge is -1.95. The fourth-order valence-electron chi connectivity index (χ4n) is 1.58. The second-order valence-corrected chi connectivity index (χ2v) is 3.77. The van der Waals surface area contributed by atoms with Gasteiger partial charge >= 0.3 is 5.97 Å². The Labute approximate surface area is 98.0 Å². The van der Waals surface area contributed by atoms with Crippen LogP contribution in [0.25, 0.3) is 11.3 Å². The van der Waals surface area contributed by atoms with Crippen LogP contribution in [-0.4, -0.2) is 25.7 Å². The number of aryl methyl sites for hydroxylation is 1. The molecule has 0 atom stereocenters. The third kappa shape index (κ3) is 2.44. The van der Waals surface area contributed by atoms with Crippen molar-refractivity contribution < 1.29 is 15.0 Å². The van der Waals surface area contributed by atoms with Crippen LogP contribution in [0.2, 0.25) is 0 Å². The summed E-state index contributed by atoms with van der Waals surface area (Å²) in [4.78, 5) is 14.9. The molecular formula is C12H12N2O3. The average Bonchev–Trinajstić information content (AvgIpc) is 2.60. The van der Waals surface area contributed by atoms with E-state index in [1.165, 1.54) is 0 Å². The van der Waals surface area contributed by atoms with Gasteiger partial charge in [0.2, 0.25) is 0 Å². The highest BCUT2D eigenvalue weighted by molar-refractivity contribution is 5.69. The van der Waals surface area contributed by atoms with Gasteiger partial charge in [-0.1, -0.05) is 0 Å². The number of aromatic hydroxyl groups is 1. The molecule has 0 aliphatic heterocycles. The number of imidazole rings is 1. The minimum Gasteiger partial charge on any atom is -0.508 e. The van der Waals surface area contributed by atoms with Gasteiger partial charge in [0.05, 0.1) is 5.69 Å². The van der Waals surface area contributed by atoms with Gasteiger partial charge in [-0.15, -0.1) is 0 Å². The van der Waals surface area contributed by atoms with Gasteiger partial charge in [0.1, 0.15) is 18.0 Å². The Morgan fingerprint density at radius 1 is 1.35 bits per heavy atom. The van der Waals surface area contributed by atoms with E-state index in [4.69, 9.17) is 5.11 Å². The van der Waals surface area contributed by atoms with Crippen LogP contribution in [0, 0.1) is 0 Å². The van der Waals surface area contributed by atoms with Gasteiger partial charge in [-0.3, -0.25) is 4.79 Å². The lowest BCUT2D eigenvalue weighted by atomic mass is 10.2. The van der Waals surface area contributed by atoms with Crippen LogP contribution < -0.4 is 0 Å². The van der Waals surface area contributed by atoms with Crippen molar-refractivity contribution in [1.82, 2.24) is 9.55 Å². The molecule has 1 heterocycles. The normalized spacial score (nSPS) is 10.4. The SMILES string of the molecule is Cn1cc(-c2ccc(O)cc2)nc1CC(=O)O. The molecule has 17 heavy (non-hydrogen) atoms. The Balaban J connectivity index is 2.34. The van der Waals surface area contributed by atoms with E-state index in [0.29, 0.717) is 11.5 Å². The van der Waals surface area contributed by atoms with Crippen molar-refractivity contribution in [3.8, 4) is 17.0 Å². The van der Waals surface area contributed by atoms with E-state index in [0.717, 1.165) is 5.56 Å². The summed E-state index contributed by atoms with van der Waals surface area (Å²) in [6, 6.07) is 6.62. The minimum atomic E-state index is -0.907. The summed E-state index contributed by atoms with van der Waals surface area (Å²) in [6.07, 6.45) is 1.67. The van der Waals surface area contributed by atoms with Gasteiger partial charge in [0.15, 0.2) is 0 Å². The molecule has 5 nitrogen and oxygen atoms in total. The molecule has 1 aromatic heterocycles. The van der Waals surface area contributed by atoms with Crippen molar-refractivity contribution in [2.24, 2.45) is 7.05 Å². The molecule has 88 valence electrons. The maximum absolute atomic E-state index is 10.6. The average molecular weight is 232 g/mol. The van der Waals surface area contributed by atoms with E-state index >= 15 is 0 Å². The summed E-state index contributed by atoms with van der Waals surface area (Å²) in [5.74, 6) is -0.216. The number of phenolic OH excluding ortho intramolecular Hbond substituents is 1. The smallest absolute Gasteiger partial charge is 0.311 e. The van der Waals surface area contributed by atoms with Gasteiger partial charge in [0.25, 0.3) is 0 Å². The van der Waals surface area contributed by atoms with E-state index in [1.54, 1.807) is 42.1 Å². The number of carboxylic acids is 1. The van der Waals surface area contributed by atoms with E-state index in [2.05, 4.69) is 4.98 Å². The van der Waals surface area contributed by atoms with E-state index in [9.17, 15) is 9.90 Å². The number of hydrogen-bond acceptors (Lipinski definition) is 3. The highest BCUT2D eigenvalue weighted by atomic mass is 16.4. The molecule has 0 spiro atoms. The molecular weight excluding hydrogens is 220 g/mol. The highest BCUT2D eigenvalue weighted by Crippen LogP contribution is 2.21. The van der Waals surface area contributed by atoms with Crippen molar-refractivity contribution in [2.45, 2.75) is 6.42 Å². The second-order valence-electron chi connectivity index (χ2n) is 3.77. The maximum Gasteiger partial charge on any atom is 0.311 e. The van der Waals surface area contributed by atoms with Crippen molar-refractivity contribution in [3.05, 3.63) is 36.3 Å². The first kappa shape index (κ1) is 11.2. The number of phenols is 1. The molecule has 2 rings (SSSR count). The number of aliphatic carboxylic acids is 1. The van der Waals surface area contributed by atoms with Gasteiger partial charge in [-0.05, 0) is 24.3 Å². The van der Waals surface area contributed by atoms with Crippen molar-refractivity contribution in [1.29, 1.82) is 0 Å². The molecule has 0 bridgehead atoms. The van der Waals surface area contributed by atoms with Gasteiger partial charge in [-0.25, -0.2) is 4.98 Å². The molecule has 5 heteroatoms. The van der Waals surface area contributed by atoms with Crippen LogP contribution in [0.5, 0.6) is 5.75 Å². The Bertz CT molecular complexity index is 543. The largest absolute Gasteiger partial charge is 0.508 e. The lowest BCUT2D eigenvalue weighted by molar-refractivity contribution is -0.136. The summed E-state index contributed by atoms with van der Waals surface area (Å²) < 4.78 is 1.69. The number of hydrogen-bond donors (Lipinski definition) is 2. The topological polar surface area (TPSA) is 75.3 Å². The predicted octanol–water partition coefficient (Wildman–Crippen LogP) is 1.42. The van der Waals surface area contributed by atoms with E-state index < -0.39 is 5.97 Å². The number of carboxylic acid groups (broad SMARTS) is 1. The van der Waals surface area contributed by atoms with E-state index in [1.807, 2.05) is 0 Å². The molecule has 0 fully saturated rings. The van der Waals surface area contributed by atoms with Crippen LogP contribution in [0.15, 0.2) is 30.5 Å². The monoisotopic (exact) mass is 232 g/mol. The molecule has 0 aliphatic carbocycles. The van der Waals surface area contributed by atoms with Crippen molar-refractivity contribution >= 4 is 5.97 Å². The lowest BCUT2D eigenvalue weighted by Crippen LogP contribution is -2.05. The molecule has 0 radical (unpaired) electrons. The van der Waals surface area contributed by atoms with Crippen LogP contribution in [0.3, 0.4) is 0 Å². The van der Waals surface area contributed by atoms with Crippen LogP contribution in [-0.2, 0) is 18.3 Å². The Hall–Kier alpha value is -2.30. The Kier molecular flexibility index (Phi) is 2.82. The molecule has 0 saturated carbocycles. The molecule has 0 saturated heterocycles. The van der Waals surface area contributed by atoms with Gasteiger partial charge < -0.3 is 14.8 Å². The maximum atomic E-state index is 10.6. The van der Waals surface area contributed by atoms with Crippen LogP contribution in [0.1, 0.15) is 5.82 Å². The number of benzene rings is 1. The quantitative estimate of drug-likeness (QED) is 0.839. The van der Waals surface area contributed by atoms with Crippen LogP contribution in [0.4, 0.5) is 0 Å². The molecule has 0 aliphatic rings. The molecule has 2 N–H and O–H groups in total. The first-order chi connectivity index (χ1) is 8.06. The summed E-state index contributed by atoms with van der Waals surface area (Å²) in [6.45, 7) is 0. The zero-order valence-electron chi connectivity index (χ0n) is 9.29. The first-order valence-electron chi connectivity index (χ1n) is 5.09. The van der Waals surface area contributed by atoms with Crippen molar-refractivity contribution in [2.75, 3.05) is 0 Å². The fraction of sp³-hybridized carbons (Fsp3) is 0.167. The molecule has 2 aromatic rings. The van der Waals surface area contributed by atoms with Crippen LogP contribution >= 0.6 is 0 Å². The van der Waals surface area contributed by atoms with Gasteiger partial charge in [0, 0.05) is 18.8 Å². The second kappa shape index (κ2) is 4.29. The molecule has 0 amide bonds. The predicted molar refractivity (Wildman–Crippen MR) is 61.6 cm³/mol. The third-order valence-corrected chi connectivity index (χ3v) is 2.44. The zero-order valence-corrected chi connectivity index (χ0v) is 9.29. The summed E-state index contributed by atoms with van der Waals surface area (Å²) in [7, 11) is 1.76. The summed E-state index contributed by atoms with van der Waals surface area (Å²) >= 11 is 0. The standard InChI is InChI=1S/C12H12N2O3/c1-14-7-10(13-11(14)6-12(16)17)8-2-4-9(15)5-3-8/h2-5,7,15H,6H2,1H3,(H,16,17). The number of carbonyl (C=O) groups is 1. The highest BCUT2D eigenvalue weighted by Gasteiger charge is 2.10. The molecule has 0 unspecified atom stereocenters. The number of aromatic nitrogens is 2. The third-order valence-electron chi connectivity index (χ3n) is 2.44. The minimum absolute atomic E-state index is 0.103. The Morgan fingerprint density at radius 3 is 2.59 bits per heavy atom. The zero-order chi connectivity index (χ0) is 12.4. The molecule has 1 aromatic carbocycles. The number of nitrogens with zero attached hydrogens (tertiary/aromatic N) is 2. The first-order valence-corrected chi connectivity index (χ1v) is 5.09. The Morgan fingerprint density at radius 2 is 2.00 bits per heavy atom. The summed E-state index contributed by atoms with van der Waals surface area (Å²) in [5.41, 5.74) is 1.54. The van der Waals surface area contributed by atoms with E-state index in [-0.39, 0.29) is 12.2 Å². The van der Waals surface area contributed by atoms with Crippen molar-refractivity contribution in [3.63, 3.8) is 0 Å². The number of rotatable bonds is 3. The fourth-order valence-corrected chi connectivity index (χ4v) is 1.58. The van der Waals surface area contributed by atoms with Gasteiger partial charge in [-0.2, -0.15) is 0 Å².